The number of hydrogen-bond acceptors (Lipinski definition) is 4. The summed E-state index contributed by atoms with van der Waals surface area (Å²) in [4.78, 5) is 26.9. The van der Waals surface area contributed by atoms with Crippen molar-refractivity contribution in [3.05, 3.63) is 35.9 Å². The van der Waals surface area contributed by atoms with E-state index in [1.54, 1.807) is 18.2 Å². The minimum Gasteiger partial charge on any atom is -0.480 e. The van der Waals surface area contributed by atoms with Gasteiger partial charge in [-0.3, -0.25) is 5.32 Å². The van der Waals surface area contributed by atoms with Crippen molar-refractivity contribution in [3.8, 4) is 0 Å². The molecule has 0 fully saturated rings. The molecule has 2 amide bonds. The van der Waals surface area contributed by atoms with Crippen molar-refractivity contribution < 1.29 is 14.7 Å². The van der Waals surface area contributed by atoms with Crippen molar-refractivity contribution in [2.75, 3.05) is 5.32 Å². The first kappa shape index (κ1) is 15.3. The molecule has 1 unspecified atom stereocenters. The molecule has 0 aliphatic carbocycles. The number of urea groups is 1. The SMILES string of the molecule is C=CCC(NC(=O)Nc1nc2ccc(Cl)cc2s1)C(=O)O. The Kier molecular flexibility index (Phi) is 4.77. The van der Waals surface area contributed by atoms with Crippen LogP contribution in [0.15, 0.2) is 30.9 Å². The zero-order valence-corrected chi connectivity index (χ0v) is 12.4. The van der Waals surface area contributed by atoms with E-state index in [9.17, 15) is 9.59 Å². The molecule has 0 aliphatic rings. The molecule has 0 spiro atoms. The molecule has 0 saturated carbocycles. The monoisotopic (exact) mass is 325 g/mol. The lowest BCUT2D eigenvalue weighted by Crippen LogP contribution is -2.42. The Bertz CT molecular complexity index is 701. The van der Waals surface area contributed by atoms with E-state index < -0.39 is 18.0 Å². The van der Waals surface area contributed by atoms with Crippen molar-refractivity contribution in [2.24, 2.45) is 0 Å². The van der Waals surface area contributed by atoms with Crippen molar-refractivity contribution in [2.45, 2.75) is 12.5 Å². The number of fused-ring (bicyclic) bond motifs is 1. The van der Waals surface area contributed by atoms with Crippen molar-refractivity contribution in [1.29, 1.82) is 0 Å². The molecule has 0 bridgehead atoms. The van der Waals surface area contributed by atoms with E-state index in [1.165, 1.54) is 17.4 Å². The van der Waals surface area contributed by atoms with Gasteiger partial charge in [-0.1, -0.05) is 29.0 Å². The molecular formula is C13H12ClN3O3S. The van der Waals surface area contributed by atoms with Gasteiger partial charge < -0.3 is 10.4 Å². The number of nitrogens with zero attached hydrogens (tertiary/aromatic N) is 1. The summed E-state index contributed by atoms with van der Waals surface area (Å²) >= 11 is 7.13. The second kappa shape index (κ2) is 6.55. The number of amides is 2. The van der Waals surface area contributed by atoms with Crippen LogP contribution in [-0.2, 0) is 4.79 Å². The molecule has 1 aromatic heterocycles. The first-order chi connectivity index (χ1) is 9.99. The van der Waals surface area contributed by atoms with Crippen LogP contribution in [0.25, 0.3) is 10.2 Å². The predicted octanol–water partition coefficient (Wildman–Crippen LogP) is 3.10. The standard InChI is InChI=1S/C13H12ClN3O3S/c1-2-3-9(11(18)19)15-12(20)17-13-16-8-5-4-7(14)6-10(8)21-13/h2,4-6,9H,1,3H2,(H,18,19)(H2,15,16,17,20). The Hall–Kier alpha value is -2.12. The molecule has 1 aromatic carbocycles. The highest BCUT2D eigenvalue weighted by Gasteiger charge is 2.18. The van der Waals surface area contributed by atoms with Gasteiger partial charge in [0.1, 0.15) is 6.04 Å². The third-order valence-corrected chi connectivity index (χ3v) is 3.75. The zero-order chi connectivity index (χ0) is 15.4. The number of nitrogens with one attached hydrogen (secondary N) is 2. The lowest BCUT2D eigenvalue weighted by molar-refractivity contribution is -0.139. The van der Waals surface area contributed by atoms with Gasteiger partial charge in [-0.2, -0.15) is 0 Å². The third-order valence-electron chi connectivity index (χ3n) is 2.58. The van der Waals surface area contributed by atoms with Gasteiger partial charge >= 0.3 is 12.0 Å². The second-order valence-corrected chi connectivity index (χ2v) is 5.61. The number of anilines is 1. The fourth-order valence-corrected chi connectivity index (χ4v) is 2.77. The molecule has 2 rings (SSSR count). The van der Waals surface area contributed by atoms with Gasteiger partial charge in [0, 0.05) is 5.02 Å². The third kappa shape index (κ3) is 3.93. The van der Waals surface area contributed by atoms with Gasteiger partial charge in [-0.05, 0) is 24.6 Å². The van der Waals surface area contributed by atoms with Gasteiger partial charge in [-0.15, -0.1) is 6.58 Å². The average Bonchev–Trinajstić information content (AvgIpc) is 2.79. The van der Waals surface area contributed by atoms with Gasteiger partial charge in [0.25, 0.3) is 0 Å². The number of rotatable bonds is 5. The number of aliphatic carboxylic acids is 1. The molecule has 6 nitrogen and oxygen atoms in total. The highest BCUT2D eigenvalue weighted by atomic mass is 35.5. The largest absolute Gasteiger partial charge is 0.480 e. The lowest BCUT2D eigenvalue weighted by atomic mass is 10.2. The number of carboxylic acid groups (broad SMARTS) is 1. The molecule has 21 heavy (non-hydrogen) atoms. The maximum absolute atomic E-state index is 11.8. The predicted molar refractivity (Wildman–Crippen MR) is 83.0 cm³/mol. The Morgan fingerprint density at radius 2 is 2.29 bits per heavy atom. The van der Waals surface area contributed by atoms with E-state index in [-0.39, 0.29) is 6.42 Å². The van der Waals surface area contributed by atoms with E-state index in [0.717, 1.165) is 4.70 Å². The highest BCUT2D eigenvalue weighted by Crippen LogP contribution is 2.28. The molecule has 0 aliphatic heterocycles. The number of carbonyl (C=O) groups is 2. The molecule has 110 valence electrons. The minimum atomic E-state index is -1.12. The second-order valence-electron chi connectivity index (χ2n) is 4.14. The van der Waals surface area contributed by atoms with Crippen LogP contribution in [0.4, 0.5) is 9.93 Å². The van der Waals surface area contributed by atoms with Crippen molar-refractivity contribution in [3.63, 3.8) is 0 Å². The summed E-state index contributed by atoms with van der Waals surface area (Å²) in [5.74, 6) is -1.12. The van der Waals surface area contributed by atoms with Gasteiger partial charge in [0.05, 0.1) is 10.2 Å². The molecule has 0 radical (unpaired) electrons. The first-order valence-corrected chi connectivity index (χ1v) is 7.16. The summed E-state index contributed by atoms with van der Waals surface area (Å²) in [5, 5.41) is 14.7. The maximum atomic E-state index is 11.8. The zero-order valence-electron chi connectivity index (χ0n) is 10.8. The Morgan fingerprint density at radius 3 is 2.95 bits per heavy atom. The maximum Gasteiger partial charge on any atom is 0.326 e. The van der Waals surface area contributed by atoms with Gasteiger partial charge in [0.2, 0.25) is 0 Å². The van der Waals surface area contributed by atoms with Crippen LogP contribution in [0.1, 0.15) is 6.42 Å². The molecule has 3 N–H and O–H groups in total. The number of thiazole rings is 1. The highest BCUT2D eigenvalue weighted by molar-refractivity contribution is 7.22. The number of halogens is 1. The van der Waals surface area contributed by atoms with E-state index in [0.29, 0.717) is 15.7 Å². The Labute approximate surface area is 129 Å². The summed E-state index contributed by atoms with van der Waals surface area (Å²) < 4.78 is 0.832. The van der Waals surface area contributed by atoms with Crippen molar-refractivity contribution >= 4 is 50.3 Å². The molecular weight excluding hydrogens is 314 g/mol. The quantitative estimate of drug-likeness (QED) is 0.737. The van der Waals surface area contributed by atoms with E-state index in [1.807, 2.05) is 0 Å². The van der Waals surface area contributed by atoms with Crippen LogP contribution in [0.5, 0.6) is 0 Å². The van der Waals surface area contributed by atoms with Crippen LogP contribution in [0.3, 0.4) is 0 Å². The first-order valence-electron chi connectivity index (χ1n) is 5.97. The topological polar surface area (TPSA) is 91.3 Å². The Balaban J connectivity index is 2.06. The van der Waals surface area contributed by atoms with Crippen LogP contribution in [0.2, 0.25) is 5.02 Å². The number of benzene rings is 1. The fraction of sp³-hybridized carbons (Fsp3) is 0.154. The molecule has 0 saturated heterocycles. The summed E-state index contributed by atoms with van der Waals surface area (Å²) in [5.41, 5.74) is 0.709. The molecule has 1 atom stereocenters. The molecule has 8 heteroatoms. The van der Waals surface area contributed by atoms with Gasteiger partial charge in [-0.25, -0.2) is 14.6 Å². The smallest absolute Gasteiger partial charge is 0.326 e. The summed E-state index contributed by atoms with van der Waals surface area (Å²) in [6, 6.07) is 3.54. The number of hydrogen-bond donors (Lipinski definition) is 3. The number of carbonyl (C=O) groups excluding carboxylic acids is 1. The van der Waals surface area contributed by atoms with Crippen LogP contribution >= 0.6 is 22.9 Å². The van der Waals surface area contributed by atoms with E-state index >= 15 is 0 Å². The van der Waals surface area contributed by atoms with Crippen LogP contribution < -0.4 is 10.6 Å². The van der Waals surface area contributed by atoms with Crippen molar-refractivity contribution in [1.82, 2.24) is 10.3 Å². The lowest BCUT2D eigenvalue weighted by Gasteiger charge is -2.12. The summed E-state index contributed by atoms with van der Waals surface area (Å²) in [6.07, 6.45) is 1.57. The fourth-order valence-electron chi connectivity index (χ4n) is 1.63. The molecule has 1 heterocycles. The average molecular weight is 326 g/mol. The van der Waals surface area contributed by atoms with E-state index in [2.05, 4.69) is 22.2 Å². The molecule has 2 aromatic rings. The summed E-state index contributed by atoms with van der Waals surface area (Å²) in [6.45, 7) is 3.45. The minimum absolute atomic E-state index is 0.137. The van der Waals surface area contributed by atoms with E-state index in [4.69, 9.17) is 16.7 Å². The van der Waals surface area contributed by atoms with Gasteiger partial charge in [0.15, 0.2) is 5.13 Å². The Morgan fingerprint density at radius 1 is 1.52 bits per heavy atom. The van der Waals surface area contributed by atoms with Crippen LogP contribution in [-0.4, -0.2) is 28.1 Å². The number of carboxylic acids is 1. The normalized spacial score (nSPS) is 11.9. The van der Waals surface area contributed by atoms with Crippen LogP contribution in [0, 0.1) is 0 Å². The number of aromatic nitrogens is 1. The summed E-state index contributed by atoms with van der Waals surface area (Å²) in [7, 11) is 0.